The number of carbonyl (C=O) groups is 1. The van der Waals surface area contributed by atoms with Crippen LogP contribution in [0.15, 0.2) is 18.2 Å². The zero-order valence-electron chi connectivity index (χ0n) is 15.8. The Hall–Kier alpha value is -1.50. The van der Waals surface area contributed by atoms with Crippen LogP contribution in [0.4, 0.5) is 0 Å². The molecule has 0 spiro atoms. The van der Waals surface area contributed by atoms with E-state index in [4.69, 9.17) is 9.47 Å². The second-order valence-corrected chi connectivity index (χ2v) is 7.37. The van der Waals surface area contributed by atoms with Crippen LogP contribution < -0.4 is 5.32 Å². The van der Waals surface area contributed by atoms with Gasteiger partial charge in [-0.25, -0.2) is 4.98 Å². The van der Waals surface area contributed by atoms with Crippen molar-refractivity contribution < 1.29 is 14.3 Å². The molecular weight excluding hydrogens is 330 g/mol. The van der Waals surface area contributed by atoms with E-state index < -0.39 is 0 Å². The van der Waals surface area contributed by atoms with E-state index in [2.05, 4.69) is 15.2 Å². The number of nitrogens with one attached hydrogen (secondary N) is 1. The van der Waals surface area contributed by atoms with E-state index in [1.54, 1.807) is 13.2 Å². The highest BCUT2D eigenvalue weighted by Gasteiger charge is 2.38. The molecule has 144 valence electrons. The highest BCUT2D eigenvalue weighted by Crippen LogP contribution is 2.33. The highest BCUT2D eigenvalue weighted by atomic mass is 16.5. The number of morpholine rings is 1. The summed E-state index contributed by atoms with van der Waals surface area (Å²) in [5, 5.41) is 3.18. The SMILES string of the molecule is COCc1cccc(C(=O)NCC2(N3CCOCC3)CCCCCC2)n1. The van der Waals surface area contributed by atoms with Gasteiger partial charge in [-0.15, -0.1) is 0 Å². The molecule has 0 atom stereocenters. The predicted molar refractivity (Wildman–Crippen MR) is 100 cm³/mol. The van der Waals surface area contributed by atoms with Crippen molar-refractivity contribution in [3.8, 4) is 0 Å². The van der Waals surface area contributed by atoms with Gasteiger partial charge in [0.05, 0.1) is 25.5 Å². The fourth-order valence-corrected chi connectivity index (χ4v) is 4.20. The van der Waals surface area contributed by atoms with Gasteiger partial charge in [-0.3, -0.25) is 9.69 Å². The minimum atomic E-state index is -0.0974. The summed E-state index contributed by atoms with van der Waals surface area (Å²) in [6.07, 6.45) is 7.33. The Bertz CT molecular complexity index is 579. The highest BCUT2D eigenvalue weighted by molar-refractivity contribution is 5.92. The average molecular weight is 361 g/mol. The third kappa shape index (κ3) is 4.81. The number of ether oxygens (including phenoxy) is 2. The number of hydrogen-bond donors (Lipinski definition) is 1. The molecular formula is C20H31N3O3. The van der Waals surface area contributed by atoms with Gasteiger partial charge in [-0.1, -0.05) is 31.7 Å². The second kappa shape index (κ2) is 9.44. The molecule has 1 saturated carbocycles. The molecule has 1 aliphatic heterocycles. The van der Waals surface area contributed by atoms with Crippen molar-refractivity contribution in [3.63, 3.8) is 0 Å². The van der Waals surface area contributed by atoms with Crippen LogP contribution in [0, 0.1) is 0 Å². The number of rotatable bonds is 6. The molecule has 0 aromatic carbocycles. The molecule has 1 N–H and O–H groups in total. The largest absolute Gasteiger partial charge is 0.379 e. The molecule has 0 unspecified atom stereocenters. The lowest BCUT2D eigenvalue weighted by Gasteiger charge is -2.45. The van der Waals surface area contributed by atoms with Gasteiger partial charge in [0.25, 0.3) is 5.91 Å². The van der Waals surface area contributed by atoms with Crippen LogP contribution in [-0.2, 0) is 16.1 Å². The Morgan fingerprint density at radius 2 is 1.96 bits per heavy atom. The molecule has 26 heavy (non-hydrogen) atoms. The lowest BCUT2D eigenvalue weighted by atomic mass is 9.87. The first-order chi connectivity index (χ1) is 12.7. The van der Waals surface area contributed by atoms with E-state index in [-0.39, 0.29) is 11.4 Å². The fraction of sp³-hybridized carbons (Fsp3) is 0.700. The Morgan fingerprint density at radius 1 is 1.23 bits per heavy atom. The third-order valence-electron chi connectivity index (χ3n) is 5.63. The summed E-state index contributed by atoms with van der Waals surface area (Å²) in [4.78, 5) is 19.7. The van der Waals surface area contributed by atoms with E-state index in [1.807, 2.05) is 12.1 Å². The maximum absolute atomic E-state index is 12.7. The molecule has 2 aliphatic rings. The smallest absolute Gasteiger partial charge is 0.269 e. The van der Waals surface area contributed by atoms with E-state index in [9.17, 15) is 4.79 Å². The zero-order chi connectivity index (χ0) is 18.2. The predicted octanol–water partition coefficient (Wildman–Crippen LogP) is 2.38. The van der Waals surface area contributed by atoms with Crippen molar-refractivity contribution in [2.24, 2.45) is 0 Å². The van der Waals surface area contributed by atoms with E-state index in [0.717, 1.165) is 44.8 Å². The van der Waals surface area contributed by atoms with E-state index in [1.165, 1.54) is 25.7 Å². The number of carbonyl (C=O) groups excluding carboxylic acids is 1. The first-order valence-electron chi connectivity index (χ1n) is 9.79. The van der Waals surface area contributed by atoms with Crippen LogP contribution >= 0.6 is 0 Å². The topological polar surface area (TPSA) is 63.7 Å². The van der Waals surface area contributed by atoms with Gasteiger partial charge in [0.2, 0.25) is 0 Å². The summed E-state index contributed by atoms with van der Waals surface area (Å²) in [5.41, 5.74) is 1.29. The van der Waals surface area contributed by atoms with E-state index >= 15 is 0 Å². The van der Waals surface area contributed by atoms with Crippen LogP contribution in [0.2, 0.25) is 0 Å². The Kier molecular flexibility index (Phi) is 7.00. The van der Waals surface area contributed by atoms with Crippen molar-refractivity contribution in [2.45, 2.75) is 50.7 Å². The maximum Gasteiger partial charge on any atom is 0.269 e. The molecule has 0 bridgehead atoms. The molecule has 2 fully saturated rings. The zero-order valence-corrected chi connectivity index (χ0v) is 15.8. The molecule has 0 radical (unpaired) electrons. The van der Waals surface area contributed by atoms with Crippen molar-refractivity contribution in [2.75, 3.05) is 40.0 Å². The molecule has 1 saturated heterocycles. The molecule has 1 aromatic rings. The van der Waals surface area contributed by atoms with Crippen molar-refractivity contribution in [1.82, 2.24) is 15.2 Å². The standard InChI is InChI=1S/C20H31N3O3/c1-25-15-17-7-6-8-18(22-17)19(24)21-16-20(9-4-2-3-5-10-20)23-11-13-26-14-12-23/h6-8H,2-5,9-16H2,1H3,(H,21,24). The maximum atomic E-state index is 12.7. The minimum Gasteiger partial charge on any atom is -0.379 e. The molecule has 1 aromatic heterocycles. The van der Waals surface area contributed by atoms with Crippen LogP contribution in [-0.4, -0.2) is 61.3 Å². The summed E-state index contributed by atoms with van der Waals surface area (Å²) >= 11 is 0. The average Bonchev–Trinajstić information content (AvgIpc) is 2.94. The van der Waals surface area contributed by atoms with Gasteiger partial charge in [-0.2, -0.15) is 0 Å². The van der Waals surface area contributed by atoms with Crippen LogP contribution in [0.1, 0.15) is 54.7 Å². The van der Waals surface area contributed by atoms with E-state index in [0.29, 0.717) is 18.8 Å². The fourth-order valence-electron chi connectivity index (χ4n) is 4.20. The number of methoxy groups -OCH3 is 1. The monoisotopic (exact) mass is 361 g/mol. The first kappa shape index (κ1) is 19.3. The molecule has 3 rings (SSSR count). The summed E-state index contributed by atoms with van der Waals surface area (Å²) in [5.74, 6) is -0.0974. The number of amides is 1. The molecule has 6 heteroatoms. The lowest BCUT2D eigenvalue weighted by Crippen LogP contribution is -2.58. The normalized spacial score (nSPS) is 21.1. The van der Waals surface area contributed by atoms with Crippen molar-refractivity contribution in [1.29, 1.82) is 0 Å². The van der Waals surface area contributed by atoms with Crippen LogP contribution in [0.3, 0.4) is 0 Å². The van der Waals surface area contributed by atoms with Crippen LogP contribution in [0.25, 0.3) is 0 Å². The molecule has 6 nitrogen and oxygen atoms in total. The van der Waals surface area contributed by atoms with Gasteiger partial charge in [0, 0.05) is 32.3 Å². The summed E-state index contributed by atoms with van der Waals surface area (Å²) in [7, 11) is 1.63. The number of hydrogen-bond acceptors (Lipinski definition) is 5. The van der Waals surface area contributed by atoms with Crippen molar-refractivity contribution >= 4 is 5.91 Å². The molecule has 2 heterocycles. The number of nitrogens with zero attached hydrogens (tertiary/aromatic N) is 2. The molecule has 1 aliphatic carbocycles. The Morgan fingerprint density at radius 3 is 2.65 bits per heavy atom. The van der Waals surface area contributed by atoms with Gasteiger partial charge >= 0.3 is 0 Å². The Labute approximate surface area is 156 Å². The Balaban J connectivity index is 1.68. The number of pyridine rings is 1. The van der Waals surface area contributed by atoms with Crippen molar-refractivity contribution in [3.05, 3.63) is 29.6 Å². The van der Waals surface area contributed by atoms with Crippen LogP contribution in [0.5, 0.6) is 0 Å². The first-order valence-corrected chi connectivity index (χ1v) is 9.79. The van der Waals surface area contributed by atoms with Gasteiger partial charge in [0.15, 0.2) is 0 Å². The quantitative estimate of drug-likeness (QED) is 0.788. The summed E-state index contributed by atoms with van der Waals surface area (Å²) in [6, 6.07) is 5.50. The summed E-state index contributed by atoms with van der Waals surface area (Å²) in [6.45, 7) is 4.59. The second-order valence-electron chi connectivity index (χ2n) is 7.37. The van der Waals surface area contributed by atoms with Gasteiger partial charge in [0.1, 0.15) is 5.69 Å². The van der Waals surface area contributed by atoms with Gasteiger partial charge < -0.3 is 14.8 Å². The molecule has 1 amide bonds. The van der Waals surface area contributed by atoms with Gasteiger partial charge in [-0.05, 0) is 25.0 Å². The number of aromatic nitrogens is 1. The lowest BCUT2D eigenvalue weighted by molar-refractivity contribution is -0.0281. The summed E-state index contributed by atoms with van der Waals surface area (Å²) < 4.78 is 10.7. The third-order valence-corrected chi connectivity index (χ3v) is 5.63. The minimum absolute atomic E-state index is 0.0556.